The summed E-state index contributed by atoms with van der Waals surface area (Å²) in [5.41, 5.74) is 17.6. The van der Waals surface area contributed by atoms with Crippen LogP contribution in [-0.4, -0.2) is 203 Å². The number of H-pyrrole nitrogens is 2. The van der Waals surface area contributed by atoms with Crippen molar-refractivity contribution in [1.29, 1.82) is 0 Å². The molecule has 686 valence electrons. The number of carboxylic acid groups (broad SMARTS) is 1. The van der Waals surface area contributed by atoms with Gasteiger partial charge in [-0.3, -0.25) is 38.8 Å². The lowest BCUT2D eigenvalue weighted by molar-refractivity contribution is -0.142. The number of alkyl carbamates (subject to hydrolysis) is 2. The van der Waals surface area contributed by atoms with Crippen molar-refractivity contribution in [3.63, 3.8) is 0 Å². The molecule has 9 aliphatic rings. The first-order valence-corrected chi connectivity index (χ1v) is 45.8. The van der Waals surface area contributed by atoms with Crippen LogP contribution >= 0.6 is 0 Å². The van der Waals surface area contributed by atoms with Crippen LogP contribution in [0.1, 0.15) is 182 Å². The Kier molecular flexibility index (Phi) is 27.9. The molecule has 12 atom stereocenters. The van der Waals surface area contributed by atoms with E-state index in [1.807, 2.05) is 61.9 Å². The van der Waals surface area contributed by atoms with Gasteiger partial charge in [0.25, 0.3) is 0 Å². The number of aliphatic imine (C=N–C) groups is 2. The van der Waals surface area contributed by atoms with Gasteiger partial charge in [0.05, 0.1) is 73.4 Å². The number of carbonyl (C=O) groups is 8. The van der Waals surface area contributed by atoms with Crippen molar-refractivity contribution in [1.82, 2.24) is 50.6 Å². The SMILES string of the molecule is COC(=O)N[C@H](C(=O)N1[C@@H](C)CC[C@H]1C1=Nc2ccc3cc4c(cc3c2C1)OCc1cc(-c2cnc([C@@H]3C[C@H](CCO)CN3C(=O)[C@H](NC(=O)CO)c3ccccc3)[nH]2)ccc1-4)C(C)C.COC(=O)N[C@H](C(=O)N1[C@@H](C)CC[C@H]1C1=Nc2ccc3cc4c(cc3c2C1)OCc1cc(-c2cnc([C@H]3CC[C@@H](CCO)C3)[nH]2)ccc1-4)C(C)C.O=C(CO)C[C@@H](C(=O)O)C1=CCCC=C1. The molecule has 9 aromatic rings. The number of ketones is 1. The molecular weight excluding hydrogens is 1670 g/mol. The topological polar surface area (TPSA) is 403 Å². The van der Waals surface area contributed by atoms with E-state index in [0.29, 0.717) is 74.2 Å². The second-order valence-corrected chi connectivity index (χ2v) is 36.7. The zero-order valence-corrected chi connectivity index (χ0v) is 75.3. The molecule has 2 aromatic heterocycles. The van der Waals surface area contributed by atoms with E-state index in [1.165, 1.54) is 19.8 Å². The molecule has 0 bridgehead atoms. The van der Waals surface area contributed by atoms with Crippen molar-refractivity contribution in [2.45, 2.75) is 205 Å². The summed E-state index contributed by atoms with van der Waals surface area (Å²) in [6.45, 7) is 12.0. The molecule has 29 heteroatoms. The van der Waals surface area contributed by atoms with E-state index in [4.69, 9.17) is 49.1 Å². The highest BCUT2D eigenvalue weighted by atomic mass is 16.5. The number of methoxy groups -OCH3 is 2. The maximum Gasteiger partial charge on any atom is 0.407 e. The summed E-state index contributed by atoms with van der Waals surface area (Å²) in [5.74, 6) is 0.667. The van der Waals surface area contributed by atoms with Crippen LogP contribution in [-0.2, 0) is 64.3 Å². The molecular formula is C102H116N12O17. The van der Waals surface area contributed by atoms with Gasteiger partial charge in [0.2, 0.25) is 23.6 Å². The molecule has 29 nitrogen and oxygen atoms in total. The Balaban J connectivity index is 0.000000168. The molecule has 6 amide bonds. The lowest BCUT2D eigenvalue weighted by atomic mass is 9.90. The number of aromatic amines is 2. The number of carbonyl (C=O) groups excluding carboxylic acids is 7. The van der Waals surface area contributed by atoms with Crippen LogP contribution in [0.5, 0.6) is 11.5 Å². The molecule has 0 spiro atoms. The summed E-state index contributed by atoms with van der Waals surface area (Å²) in [5, 5.41) is 58.8. The minimum absolute atomic E-state index is 0.000521. The van der Waals surface area contributed by atoms with Crippen molar-refractivity contribution in [2.75, 3.05) is 47.2 Å². The van der Waals surface area contributed by atoms with E-state index in [0.717, 1.165) is 187 Å². The van der Waals surface area contributed by atoms with Gasteiger partial charge < -0.3 is 85.1 Å². The normalized spacial score (nSPS) is 21.1. The molecule has 7 aromatic carbocycles. The highest BCUT2D eigenvalue weighted by molar-refractivity contribution is 6.09. The number of aromatic nitrogens is 4. The number of nitrogens with one attached hydrogen (secondary N) is 5. The summed E-state index contributed by atoms with van der Waals surface area (Å²) in [6, 6.07) is 35.8. The molecule has 1 saturated carbocycles. The van der Waals surface area contributed by atoms with Crippen molar-refractivity contribution >= 4 is 91.9 Å². The third kappa shape index (κ3) is 19.3. The molecule has 131 heavy (non-hydrogen) atoms. The summed E-state index contributed by atoms with van der Waals surface area (Å²) in [4.78, 5) is 133. The van der Waals surface area contributed by atoms with Crippen LogP contribution < -0.4 is 25.4 Å². The van der Waals surface area contributed by atoms with Gasteiger partial charge in [-0.2, -0.15) is 0 Å². The number of Topliss-reactive ketones (excluding diaryl/α,β-unsaturated/α-hetero) is 1. The second-order valence-electron chi connectivity index (χ2n) is 36.7. The van der Waals surface area contributed by atoms with E-state index in [1.54, 1.807) is 41.4 Å². The number of carboxylic acids is 1. The number of hydrogen-bond acceptors (Lipinski definition) is 20. The summed E-state index contributed by atoms with van der Waals surface area (Å²) in [6.07, 6.45) is 19.5. The third-order valence-electron chi connectivity index (χ3n) is 27.6. The zero-order chi connectivity index (χ0) is 92.2. The van der Waals surface area contributed by atoms with Gasteiger partial charge in [-0.15, -0.1) is 0 Å². The summed E-state index contributed by atoms with van der Waals surface area (Å²) >= 11 is 0. The van der Waals surface area contributed by atoms with Crippen molar-refractivity contribution in [2.24, 2.45) is 39.6 Å². The Morgan fingerprint density at radius 2 is 1.09 bits per heavy atom. The lowest BCUT2D eigenvalue weighted by Gasteiger charge is -2.33. The highest BCUT2D eigenvalue weighted by Crippen LogP contribution is 2.50. The number of aliphatic carboxylic acids is 1. The van der Waals surface area contributed by atoms with Crippen LogP contribution in [0, 0.1) is 29.6 Å². The minimum Gasteiger partial charge on any atom is -0.488 e. The molecule has 18 rings (SSSR count). The van der Waals surface area contributed by atoms with Crippen LogP contribution in [0.25, 0.3) is 66.3 Å². The maximum atomic E-state index is 14.3. The van der Waals surface area contributed by atoms with Crippen LogP contribution in [0.4, 0.5) is 21.0 Å². The quantitative estimate of drug-likeness (QED) is 0.0254. The number of nitrogens with zero attached hydrogens (tertiary/aromatic N) is 7. The number of allylic oxidation sites excluding steroid dienone is 3. The summed E-state index contributed by atoms with van der Waals surface area (Å²) in [7, 11) is 2.61. The number of hydrogen-bond donors (Lipinski definition) is 10. The second kappa shape index (κ2) is 39.9. The van der Waals surface area contributed by atoms with Gasteiger partial charge in [0, 0.05) is 79.6 Å². The molecule has 2 aliphatic carbocycles. The Labute approximate surface area is 760 Å². The van der Waals surface area contributed by atoms with E-state index in [9.17, 15) is 53.7 Å². The van der Waals surface area contributed by atoms with Crippen molar-refractivity contribution in [3.05, 3.63) is 191 Å². The number of aliphatic hydroxyl groups is 4. The van der Waals surface area contributed by atoms with Gasteiger partial charge in [-0.05, 0) is 240 Å². The van der Waals surface area contributed by atoms with Gasteiger partial charge in [-0.25, -0.2) is 19.6 Å². The van der Waals surface area contributed by atoms with Gasteiger partial charge in [0.15, 0.2) is 5.78 Å². The van der Waals surface area contributed by atoms with E-state index in [2.05, 4.69) is 125 Å². The number of fused-ring (bicyclic) bond motifs is 12. The summed E-state index contributed by atoms with van der Waals surface area (Å²) < 4.78 is 22.6. The fourth-order valence-electron chi connectivity index (χ4n) is 20.6. The number of aliphatic hydroxyl groups excluding tert-OH is 4. The van der Waals surface area contributed by atoms with Crippen molar-refractivity contribution < 1.29 is 82.8 Å². The molecule has 3 saturated heterocycles. The fourth-order valence-corrected chi connectivity index (χ4v) is 20.6. The first kappa shape index (κ1) is 91.6. The Morgan fingerprint density at radius 3 is 1.59 bits per heavy atom. The van der Waals surface area contributed by atoms with Crippen LogP contribution in [0.2, 0.25) is 0 Å². The molecule has 9 heterocycles. The van der Waals surface area contributed by atoms with Gasteiger partial charge in [-0.1, -0.05) is 113 Å². The minimum atomic E-state index is -1.02. The number of rotatable bonds is 25. The Hall–Kier alpha value is -12.7. The number of ether oxygens (including phenoxy) is 4. The predicted molar refractivity (Wildman–Crippen MR) is 496 cm³/mol. The smallest absolute Gasteiger partial charge is 0.407 e. The Bertz CT molecular complexity index is 5990. The largest absolute Gasteiger partial charge is 0.488 e. The molecule has 4 fully saturated rings. The van der Waals surface area contributed by atoms with Gasteiger partial charge in [0.1, 0.15) is 67.7 Å². The first-order valence-electron chi connectivity index (χ1n) is 45.8. The molecule has 0 unspecified atom stereocenters. The van der Waals surface area contributed by atoms with E-state index in [-0.39, 0.29) is 79.3 Å². The van der Waals surface area contributed by atoms with Gasteiger partial charge >= 0.3 is 18.2 Å². The zero-order valence-electron chi connectivity index (χ0n) is 75.3. The lowest BCUT2D eigenvalue weighted by Crippen LogP contribution is -2.55. The average molecular weight is 1780 g/mol. The number of likely N-dealkylation sites (tertiary alicyclic amines) is 3. The molecule has 0 radical (unpaired) electrons. The van der Waals surface area contributed by atoms with E-state index < -0.39 is 73.1 Å². The maximum absolute atomic E-state index is 14.3. The number of amides is 6. The average Bonchev–Trinajstić information content (AvgIpc) is 1.71. The molecule has 7 aliphatic heterocycles. The van der Waals surface area contributed by atoms with E-state index >= 15 is 0 Å². The Morgan fingerprint density at radius 1 is 0.557 bits per heavy atom. The highest BCUT2D eigenvalue weighted by Gasteiger charge is 2.47. The number of benzene rings is 7. The monoisotopic (exact) mass is 1780 g/mol. The third-order valence-corrected chi connectivity index (χ3v) is 27.6. The first-order chi connectivity index (χ1) is 63.3. The predicted octanol–water partition coefficient (Wildman–Crippen LogP) is 14.7. The standard InChI is InChI=1S/C50H55N7O8.C41H47N5O5.C11H14O4/c1-27(2)45(55-50(63)64-4)49(62)57-28(3)10-15-41(57)39-21-36-35-22-43-37(20-31(35)12-14-38(36)52-39)34-13-11-32(19-33(34)26-65-43)40-23-51-47(53-40)42-18-29(16-17-58)24-56(42)48(61)46(54-44(60)25-59)30-8-6-5-7-9-30;1-22(2)38(45-41(49)50-4)40(48)46-23(3)5-12-36(46)34-18-31-30-19-37-32(17-25(30)9-11-33(31)43-34)29-10-8-26(16-28(29)21-51-37)35-20-42-39(44-35)27-7-6-24(15-27)13-14-47;12-7-9(13)6-10(11(14)15)8-4-2-1-3-5-8/h5-9,11-14,19-20,22-23,27-29,41-42,45-46,58-59H,10,15-18,21,24-26H2,1-4H3,(H,51,53)(H,54,60)(H,55,63);8-11,16-17,19-20,22-24,27,36,38,47H,5-7,12-15,18,21H2,1-4H3,(H,42,44)(H,45,49);2,4-5,10,12H,1,3,6-7H2,(H,14,15)/t28-,29-,41-,42-,45-,46+;23-,24-,27-,36-,38-;10-/m001/s1. The van der Waals surface area contributed by atoms with Crippen LogP contribution in [0.3, 0.4) is 0 Å². The fraction of sp³-hybridized carbons (Fsp3) is 0.431. The van der Waals surface area contributed by atoms with Crippen LogP contribution in [0.15, 0.2) is 161 Å². The van der Waals surface area contributed by atoms with Crippen molar-refractivity contribution in [3.8, 4) is 56.3 Å². The number of imidazole rings is 2. The molecule has 10 N–H and O–H groups in total.